The predicted octanol–water partition coefficient (Wildman–Crippen LogP) is 3.50. The van der Waals surface area contributed by atoms with E-state index in [1.807, 2.05) is 25.1 Å². The van der Waals surface area contributed by atoms with Crippen molar-refractivity contribution < 1.29 is 4.74 Å². The Bertz CT molecular complexity index is 250. The van der Waals surface area contributed by atoms with Crippen molar-refractivity contribution in [3.63, 3.8) is 0 Å². The zero-order valence-corrected chi connectivity index (χ0v) is 8.45. The van der Waals surface area contributed by atoms with Crippen molar-refractivity contribution in [2.24, 2.45) is 0 Å². The summed E-state index contributed by atoms with van der Waals surface area (Å²) in [6.07, 6.45) is 0. The van der Waals surface area contributed by atoms with Crippen molar-refractivity contribution in [2.75, 3.05) is 6.61 Å². The minimum atomic E-state index is 0.640. The molecule has 0 saturated carbocycles. The lowest BCUT2D eigenvalue weighted by atomic mass is 10.3. The van der Waals surface area contributed by atoms with Crippen LogP contribution < -0.4 is 4.74 Å². The highest BCUT2D eigenvalue weighted by Gasteiger charge is 1.99. The molecule has 0 heterocycles. The van der Waals surface area contributed by atoms with E-state index >= 15 is 0 Å². The van der Waals surface area contributed by atoms with Gasteiger partial charge in [0.05, 0.1) is 11.6 Å². The monoisotopic (exact) mass is 234 g/mol. The van der Waals surface area contributed by atoms with E-state index in [-0.39, 0.29) is 0 Å². The van der Waals surface area contributed by atoms with Gasteiger partial charge >= 0.3 is 0 Å². The van der Waals surface area contributed by atoms with Gasteiger partial charge in [0.2, 0.25) is 0 Å². The summed E-state index contributed by atoms with van der Waals surface area (Å²) in [5, 5.41) is 0.640. The molecule has 60 valence electrons. The zero-order chi connectivity index (χ0) is 8.27. The van der Waals surface area contributed by atoms with Crippen molar-refractivity contribution in [1.29, 1.82) is 0 Å². The Kier molecular flexibility index (Phi) is 3.21. The summed E-state index contributed by atoms with van der Waals surface area (Å²) in [5.41, 5.74) is 0. The fraction of sp³-hybridized carbons (Fsp3) is 0.250. The maximum Gasteiger partial charge on any atom is 0.137 e. The van der Waals surface area contributed by atoms with Crippen LogP contribution in [0.1, 0.15) is 6.92 Å². The molecule has 0 atom stereocenters. The van der Waals surface area contributed by atoms with E-state index in [0.29, 0.717) is 11.6 Å². The van der Waals surface area contributed by atoms with Crippen molar-refractivity contribution >= 4 is 27.5 Å². The molecule has 1 nitrogen and oxygen atoms in total. The van der Waals surface area contributed by atoms with Gasteiger partial charge in [-0.25, -0.2) is 0 Å². The molecule has 0 saturated heterocycles. The zero-order valence-electron chi connectivity index (χ0n) is 6.10. The van der Waals surface area contributed by atoms with Crippen LogP contribution in [-0.4, -0.2) is 6.61 Å². The fourth-order valence-electron chi connectivity index (χ4n) is 0.748. The molecule has 0 spiro atoms. The van der Waals surface area contributed by atoms with Crippen molar-refractivity contribution in [1.82, 2.24) is 0 Å². The minimum Gasteiger partial charge on any atom is -0.492 e. The van der Waals surface area contributed by atoms with Gasteiger partial charge in [-0.15, -0.1) is 0 Å². The Labute approximate surface area is 79.4 Å². The van der Waals surface area contributed by atoms with Crippen LogP contribution >= 0.6 is 27.5 Å². The minimum absolute atomic E-state index is 0.640. The van der Waals surface area contributed by atoms with Gasteiger partial charge in [-0.3, -0.25) is 0 Å². The maximum atomic E-state index is 5.85. The molecule has 0 aliphatic carbocycles. The normalized spacial score (nSPS) is 9.73. The van der Waals surface area contributed by atoms with Gasteiger partial charge in [0.15, 0.2) is 0 Å². The first kappa shape index (κ1) is 8.88. The van der Waals surface area contributed by atoms with E-state index in [0.717, 1.165) is 10.2 Å². The van der Waals surface area contributed by atoms with E-state index in [1.54, 1.807) is 0 Å². The third kappa shape index (κ3) is 2.38. The number of hydrogen-bond acceptors (Lipinski definition) is 1. The summed E-state index contributed by atoms with van der Waals surface area (Å²) in [5.74, 6) is 0.734. The average molecular weight is 236 g/mol. The fourth-order valence-corrected chi connectivity index (χ4v) is 1.48. The van der Waals surface area contributed by atoms with Crippen LogP contribution in [0.3, 0.4) is 0 Å². The second-order valence-electron chi connectivity index (χ2n) is 2.01. The summed E-state index contributed by atoms with van der Waals surface area (Å²) in [7, 11) is 0. The highest BCUT2D eigenvalue weighted by molar-refractivity contribution is 9.10. The first-order valence-corrected chi connectivity index (χ1v) is 4.49. The molecule has 1 rings (SSSR count). The van der Waals surface area contributed by atoms with Gasteiger partial charge < -0.3 is 4.74 Å². The van der Waals surface area contributed by atoms with Crippen molar-refractivity contribution in [3.05, 3.63) is 27.7 Å². The Morgan fingerprint density at radius 1 is 1.55 bits per heavy atom. The molecule has 1 aromatic rings. The topological polar surface area (TPSA) is 9.23 Å². The second-order valence-corrected chi connectivity index (χ2v) is 3.33. The molecule has 0 unspecified atom stereocenters. The molecular weight excluding hydrogens is 227 g/mol. The molecule has 0 aliphatic heterocycles. The van der Waals surface area contributed by atoms with Crippen LogP contribution in [0, 0.1) is 0 Å². The summed E-state index contributed by atoms with van der Waals surface area (Å²) >= 11 is 9.16. The van der Waals surface area contributed by atoms with Crippen LogP contribution in [0.2, 0.25) is 5.02 Å². The maximum absolute atomic E-state index is 5.85. The molecule has 0 fully saturated rings. The van der Waals surface area contributed by atoms with Crippen LogP contribution in [0.15, 0.2) is 22.7 Å². The number of hydrogen-bond donors (Lipinski definition) is 0. The molecule has 0 aromatic heterocycles. The van der Waals surface area contributed by atoms with Gasteiger partial charge in [-0.2, -0.15) is 0 Å². The predicted molar refractivity (Wildman–Crippen MR) is 50.3 cm³/mol. The SMILES string of the molecule is CCOc1ccc(Br)cc1Cl. The average Bonchev–Trinajstić information content (AvgIpc) is 1.95. The van der Waals surface area contributed by atoms with Gasteiger partial charge in [-0.1, -0.05) is 27.5 Å². The first-order valence-electron chi connectivity index (χ1n) is 3.32. The number of benzene rings is 1. The molecule has 0 bridgehead atoms. The number of ether oxygens (including phenoxy) is 1. The molecule has 0 radical (unpaired) electrons. The summed E-state index contributed by atoms with van der Waals surface area (Å²) in [6.45, 7) is 2.57. The molecule has 1 aromatic carbocycles. The number of rotatable bonds is 2. The van der Waals surface area contributed by atoms with Gasteiger partial charge in [0, 0.05) is 4.47 Å². The Morgan fingerprint density at radius 2 is 2.27 bits per heavy atom. The van der Waals surface area contributed by atoms with Crippen LogP contribution in [0.4, 0.5) is 0 Å². The third-order valence-corrected chi connectivity index (χ3v) is 1.98. The van der Waals surface area contributed by atoms with Crippen molar-refractivity contribution in [3.8, 4) is 5.75 Å². The highest BCUT2D eigenvalue weighted by Crippen LogP contribution is 2.27. The van der Waals surface area contributed by atoms with Crippen LogP contribution in [0.25, 0.3) is 0 Å². The molecule has 0 N–H and O–H groups in total. The van der Waals surface area contributed by atoms with Crippen LogP contribution in [0.5, 0.6) is 5.75 Å². The van der Waals surface area contributed by atoms with Crippen LogP contribution in [-0.2, 0) is 0 Å². The van der Waals surface area contributed by atoms with Gasteiger partial charge in [-0.05, 0) is 25.1 Å². The molecule has 11 heavy (non-hydrogen) atoms. The van der Waals surface area contributed by atoms with E-state index in [2.05, 4.69) is 15.9 Å². The second kappa shape index (κ2) is 3.98. The van der Waals surface area contributed by atoms with E-state index in [1.165, 1.54) is 0 Å². The molecular formula is C8H8BrClO. The van der Waals surface area contributed by atoms with Crippen molar-refractivity contribution in [2.45, 2.75) is 6.92 Å². The lowest BCUT2D eigenvalue weighted by molar-refractivity contribution is 0.340. The summed E-state index contributed by atoms with van der Waals surface area (Å²) in [6, 6.07) is 5.55. The lowest BCUT2D eigenvalue weighted by Crippen LogP contribution is -1.91. The van der Waals surface area contributed by atoms with E-state index in [4.69, 9.17) is 16.3 Å². The Hall–Kier alpha value is -0.210. The summed E-state index contributed by atoms with van der Waals surface area (Å²) < 4.78 is 6.20. The Balaban J connectivity index is 2.90. The number of halogens is 2. The van der Waals surface area contributed by atoms with Gasteiger partial charge in [0.1, 0.15) is 5.75 Å². The quantitative estimate of drug-likeness (QED) is 0.762. The smallest absolute Gasteiger partial charge is 0.137 e. The highest BCUT2D eigenvalue weighted by atomic mass is 79.9. The standard InChI is InChI=1S/C8H8BrClO/c1-2-11-8-4-3-6(9)5-7(8)10/h3-5H,2H2,1H3. The van der Waals surface area contributed by atoms with E-state index in [9.17, 15) is 0 Å². The molecule has 0 amide bonds. The summed E-state index contributed by atoms with van der Waals surface area (Å²) in [4.78, 5) is 0. The lowest BCUT2D eigenvalue weighted by Gasteiger charge is -2.04. The van der Waals surface area contributed by atoms with Gasteiger partial charge in [0.25, 0.3) is 0 Å². The molecule has 3 heteroatoms. The molecule has 0 aliphatic rings. The third-order valence-electron chi connectivity index (χ3n) is 1.19. The largest absolute Gasteiger partial charge is 0.492 e. The van der Waals surface area contributed by atoms with E-state index < -0.39 is 0 Å². The Morgan fingerprint density at radius 3 is 2.82 bits per heavy atom. The first-order chi connectivity index (χ1) is 5.24.